The maximum atomic E-state index is 13.0. The minimum absolute atomic E-state index is 0.0721. The zero-order valence-corrected chi connectivity index (χ0v) is 13.9. The van der Waals surface area contributed by atoms with Crippen LogP contribution in [0.1, 0.15) is 24.0 Å². The summed E-state index contributed by atoms with van der Waals surface area (Å²) in [6.45, 7) is 4.48. The van der Waals surface area contributed by atoms with Crippen molar-refractivity contribution in [3.8, 4) is 0 Å². The van der Waals surface area contributed by atoms with Crippen molar-refractivity contribution in [1.82, 2.24) is 9.47 Å². The first kappa shape index (κ1) is 16.9. The Labute approximate surface area is 141 Å². The van der Waals surface area contributed by atoms with Gasteiger partial charge in [-0.05, 0) is 49.1 Å². The summed E-state index contributed by atoms with van der Waals surface area (Å²) in [5.41, 5.74) is 1.07. The zero-order valence-electron chi connectivity index (χ0n) is 13.9. The van der Waals surface area contributed by atoms with Gasteiger partial charge in [-0.1, -0.05) is 12.1 Å². The van der Waals surface area contributed by atoms with Crippen molar-refractivity contribution in [2.24, 2.45) is 0 Å². The molecule has 4 nitrogen and oxygen atoms in total. The summed E-state index contributed by atoms with van der Waals surface area (Å²) in [5, 5.41) is 10.8. The van der Waals surface area contributed by atoms with Gasteiger partial charge in [0.1, 0.15) is 5.82 Å². The van der Waals surface area contributed by atoms with Crippen molar-refractivity contribution < 1.29 is 9.50 Å². The summed E-state index contributed by atoms with van der Waals surface area (Å²) in [6.07, 6.45) is 2.99. The number of hydrogen-bond donors (Lipinski definition) is 1. The van der Waals surface area contributed by atoms with Crippen LogP contribution in [0.3, 0.4) is 0 Å². The van der Waals surface area contributed by atoms with Gasteiger partial charge in [-0.2, -0.15) is 0 Å². The van der Waals surface area contributed by atoms with E-state index in [0.29, 0.717) is 19.4 Å². The van der Waals surface area contributed by atoms with Gasteiger partial charge in [0.05, 0.1) is 12.1 Å². The average Bonchev–Trinajstić information content (AvgIpc) is 2.55. The van der Waals surface area contributed by atoms with Crippen LogP contribution in [0.4, 0.5) is 4.39 Å². The van der Waals surface area contributed by atoms with Crippen LogP contribution in [0.25, 0.3) is 0 Å². The normalized spacial score (nSPS) is 17.8. The van der Waals surface area contributed by atoms with Crippen LogP contribution in [-0.4, -0.2) is 33.3 Å². The molecule has 0 bridgehead atoms. The van der Waals surface area contributed by atoms with Gasteiger partial charge in [-0.25, -0.2) is 4.39 Å². The van der Waals surface area contributed by atoms with Crippen molar-refractivity contribution in [2.45, 2.75) is 38.5 Å². The molecule has 0 radical (unpaired) electrons. The molecule has 0 unspecified atom stereocenters. The lowest BCUT2D eigenvalue weighted by atomic mass is 9.91. The fourth-order valence-electron chi connectivity index (χ4n) is 3.19. The number of likely N-dealkylation sites (tertiary alicyclic amines) is 1. The number of halogens is 1. The summed E-state index contributed by atoms with van der Waals surface area (Å²) < 4.78 is 14.5. The number of aliphatic hydroxyl groups is 1. The number of pyridine rings is 1. The highest BCUT2D eigenvalue weighted by Crippen LogP contribution is 2.25. The Balaban J connectivity index is 1.59. The molecular formula is C19H23FN2O2. The van der Waals surface area contributed by atoms with E-state index in [1.165, 1.54) is 12.1 Å². The SMILES string of the molecule is Cc1ccn(CC2(O)CCN(Cc3ccc(F)cc3)CC2)c(=O)c1. The lowest BCUT2D eigenvalue weighted by molar-refractivity contribution is -0.0364. The van der Waals surface area contributed by atoms with E-state index in [0.717, 1.165) is 30.8 Å². The third-order valence-electron chi connectivity index (χ3n) is 4.72. The smallest absolute Gasteiger partial charge is 0.250 e. The van der Waals surface area contributed by atoms with Crippen LogP contribution in [0.2, 0.25) is 0 Å². The fraction of sp³-hybridized carbons (Fsp3) is 0.421. The Morgan fingerprint density at radius 2 is 1.83 bits per heavy atom. The molecule has 0 aliphatic carbocycles. The van der Waals surface area contributed by atoms with Crippen LogP contribution < -0.4 is 5.56 Å². The van der Waals surface area contributed by atoms with Gasteiger partial charge in [0.15, 0.2) is 0 Å². The molecule has 128 valence electrons. The minimum Gasteiger partial charge on any atom is -0.388 e. The van der Waals surface area contributed by atoms with E-state index in [9.17, 15) is 14.3 Å². The third-order valence-corrected chi connectivity index (χ3v) is 4.72. The molecule has 2 aromatic rings. The molecule has 1 saturated heterocycles. The molecule has 1 N–H and O–H groups in total. The molecule has 24 heavy (non-hydrogen) atoms. The molecular weight excluding hydrogens is 307 g/mol. The lowest BCUT2D eigenvalue weighted by Gasteiger charge is -2.38. The number of hydrogen-bond acceptors (Lipinski definition) is 3. The molecule has 0 amide bonds. The summed E-state index contributed by atoms with van der Waals surface area (Å²) in [4.78, 5) is 14.2. The van der Waals surface area contributed by atoms with Crippen molar-refractivity contribution >= 4 is 0 Å². The maximum Gasteiger partial charge on any atom is 0.250 e. The van der Waals surface area contributed by atoms with Gasteiger partial charge in [-0.3, -0.25) is 9.69 Å². The Hall–Kier alpha value is -1.98. The molecule has 3 rings (SSSR count). The molecule has 5 heteroatoms. The summed E-state index contributed by atoms with van der Waals surface area (Å²) in [6, 6.07) is 10.0. The van der Waals surface area contributed by atoms with Crippen molar-refractivity contribution in [3.05, 3.63) is 69.9 Å². The van der Waals surface area contributed by atoms with Gasteiger partial charge in [-0.15, -0.1) is 0 Å². The van der Waals surface area contributed by atoms with Crippen LogP contribution in [0.5, 0.6) is 0 Å². The Bertz CT molecular complexity index is 747. The molecule has 0 spiro atoms. The van der Waals surface area contributed by atoms with E-state index in [4.69, 9.17) is 0 Å². The summed E-state index contributed by atoms with van der Waals surface area (Å²) in [7, 11) is 0. The van der Waals surface area contributed by atoms with E-state index < -0.39 is 5.60 Å². The highest BCUT2D eigenvalue weighted by molar-refractivity contribution is 5.16. The second kappa shape index (κ2) is 6.87. The lowest BCUT2D eigenvalue weighted by Crippen LogP contribution is -2.47. The van der Waals surface area contributed by atoms with Gasteiger partial charge in [0.25, 0.3) is 5.56 Å². The fourth-order valence-corrected chi connectivity index (χ4v) is 3.19. The Morgan fingerprint density at radius 3 is 2.46 bits per heavy atom. The molecule has 1 aromatic heterocycles. The van der Waals surface area contributed by atoms with E-state index in [-0.39, 0.29) is 11.4 Å². The molecule has 1 aromatic carbocycles. The third kappa shape index (κ3) is 4.10. The van der Waals surface area contributed by atoms with Crippen molar-refractivity contribution in [2.75, 3.05) is 13.1 Å². The summed E-state index contributed by atoms with van der Waals surface area (Å²) in [5.74, 6) is -0.227. The Kier molecular flexibility index (Phi) is 4.83. The number of piperidine rings is 1. The number of nitrogens with zero attached hydrogens (tertiary/aromatic N) is 2. The first-order valence-electron chi connectivity index (χ1n) is 8.30. The van der Waals surface area contributed by atoms with E-state index in [2.05, 4.69) is 4.90 Å². The second-order valence-corrected chi connectivity index (χ2v) is 6.80. The van der Waals surface area contributed by atoms with Gasteiger partial charge >= 0.3 is 0 Å². The molecule has 0 atom stereocenters. The minimum atomic E-state index is -0.849. The van der Waals surface area contributed by atoms with E-state index >= 15 is 0 Å². The van der Waals surface area contributed by atoms with E-state index in [1.807, 2.05) is 13.0 Å². The van der Waals surface area contributed by atoms with Crippen LogP contribution >= 0.6 is 0 Å². The summed E-state index contributed by atoms with van der Waals surface area (Å²) >= 11 is 0. The van der Waals surface area contributed by atoms with E-state index in [1.54, 1.807) is 29.0 Å². The topological polar surface area (TPSA) is 45.5 Å². The number of benzene rings is 1. The molecule has 2 heterocycles. The van der Waals surface area contributed by atoms with Gasteiger partial charge in [0, 0.05) is 31.9 Å². The number of aryl methyl sites for hydroxylation is 1. The molecule has 0 saturated carbocycles. The zero-order chi connectivity index (χ0) is 17.2. The largest absolute Gasteiger partial charge is 0.388 e. The quantitative estimate of drug-likeness (QED) is 0.936. The number of rotatable bonds is 4. The number of aromatic nitrogens is 1. The first-order chi connectivity index (χ1) is 11.4. The van der Waals surface area contributed by atoms with Gasteiger partial charge in [0.2, 0.25) is 0 Å². The second-order valence-electron chi connectivity index (χ2n) is 6.80. The standard InChI is InChI=1S/C19H23FN2O2/c1-15-6-9-22(18(23)12-15)14-19(24)7-10-21(11-8-19)13-16-2-4-17(20)5-3-16/h2-6,9,12,24H,7-8,10-11,13-14H2,1H3. The molecule has 1 aliphatic heterocycles. The highest BCUT2D eigenvalue weighted by Gasteiger charge is 2.32. The first-order valence-corrected chi connectivity index (χ1v) is 8.30. The van der Waals surface area contributed by atoms with Crippen molar-refractivity contribution in [1.29, 1.82) is 0 Å². The molecule has 1 fully saturated rings. The van der Waals surface area contributed by atoms with Crippen LogP contribution in [0, 0.1) is 12.7 Å². The monoisotopic (exact) mass is 330 g/mol. The van der Waals surface area contributed by atoms with Crippen LogP contribution in [0.15, 0.2) is 47.4 Å². The Morgan fingerprint density at radius 1 is 1.17 bits per heavy atom. The van der Waals surface area contributed by atoms with Crippen LogP contribution in [-0.2, 0) is 13.1 Å². The van der Waals surface area contributed by atoms with Crippen molar-refractivity contribution in [3.63, 3.8) is 0 Å². The molecule has 1 aliphatic rings. The predicted octanol–water partition coefficient (Wildman–Crippen LogP) is 2.32. The maximum absolute atomic E-state index is 13.0. The highest BCUT2D eigenvalue weighted by atomic mass is 19.1. The average molecular weight is 330 g/mol. The predicted molar refractivity (Wildman–Crippen MR) is 91.3 cm³/mol. The van der Waals surface area contributed by atoms with Gasteiger partial charge < -0.3 is 9.67 Å².